The molecule has 0 atom stereocenters. The molecule has 0 amide bonds. The van der Waals surface area contributed by atoms with Gasteiger partial charge in [-0.3, -0.25) is 14.3 Å². The highest BCUT2D eigenvalue weighted by Gasteiger charge is 2.18. The summed E-state index contributed by atoms with van der Waals surface area (Å²) in [5, 5.41) is 10.1. The van der Waals surface area contributed by atoms with E-state index in [0.29, 0.717) is 28.3 Å². The first kappa shape index (κ1) is 19.9. The SMILES string of the molecule is C/C=C\C(=C/C)Oc1ccc(-n2c3nc(=O)[nH]c(=O)c-3cc3ccc(C#N)cc32)cc1. The number of nitrogens with one attached hydrogen (secondary N) is 1. The van der Waals surface area contributed by atoms with Crippen LogP contribution in [0.25, 0.3) is 28.0 Å². The van der Waals surface area contributed by atoms with Gasteiger partial charge in [0.15, 0.2) is 5.82 Å². The van der Waals surface area contributed by atoms with Crippen LogP contribution < -0.4 is 16.0 Å². The van der Waals surface area contributed by atoms with Crippen LogP contribution in [0.3, 0.4) is 0 Å². The van der Waals surface area contributed by atoms with Crippen molar-refractivity contribution in [1.29, 1.82) is 5.26 Å². The number of nitriles is 1. The fraction of sp³-hybridized carbons (Fsp3) is 0.0833. The minimum absolute atomic E-state index is 0.216. The van der Waals surface area contributed by atoms with E-state index in [4.69, 9.17) is 4.74 Å². The van der Waals surface area contributed by atoms with E-state index in [9.17, 15) is 14.9 Å². The number of rotatable bonds is 4. The molecule has 0 radical (unpaired) electrons. The van der Waals surface area contributed by atoms with Crippen LogP contribution in [-0.2, 0) is 0 Å². The van der Waals surface area contributed by atoms with Crippen molar-refractivity contribution in [1.82, 2.24) is 14.5 Å². The first-order chi connectivity index (χ1) is 15.0. The molecule has 152 valence electrons. The van der Waals surface area contributed by atoms with Crippen LogP contribution in [0.15, 0.2) is 82.1 Å². The van der Waals surface area contributed by atoms with Gasteiger partial charge >= 0.3 is 5.69 Å². The lowest BCUT2D eigenvalue weighted by atomic mass is 10.1. The minimum atomic E-state index is -0.730. The van der Waals surface area contributed by atoms with Gasteiger partial charge in [0.2, 0.25) is 0 Å². The first-order valence-electron chi connectivity index (χ1n) is 9.61. The molecule has 7 nitrogen and oxygen atoms in total. The van der Waals surface area contributed by atoms with Gasteiger partial charge in [0.25, 0.3) is 5.56 Å². The zero-order valence-corrected chi connectivity index (χ0v) is 16.9. The van der Waals surface area contributed by atoms with Crippen LogP contribution in [0.2, 0.25) is 0 Å². The van der Waals surface area contributed by atoms with Crippen LogP contribution in [0, 0.1) is 11.3 Å². The van der Waals surface area contributed by atoms with E-state index in [1.54, 1.807) is 41.0 Å². The highest BCUT2D eigenvalue weighted by atomic mass is 16.5. The van der Waals surface area contributed by atoms with Crippen LogP contribution in [0.5, 0.6) is 5.75 Å². The Morgan fingerprint density at radius 2 is 1.90 bits per heavy atom. The van der Waals surface area contributed by atoms with Gasteiger partial charge in [-0.1, -0.05) is 12.1 Å². The fourth-order valence-electron chi connectivity index (χ4n) is 3.36. The van der Waals surface area contributed by atoms with E-state index in [-0.39, 0.29) is 11.4 Å². The molecule has 0 aromatic heterocycles. The summed E-state index contributed by atoms with van der Waals surface area (Å²) in [7, 11) is 0. The predicted molar refractivity (Wildman–Crippen MR) is 118 cm³/mol. The van der Waals surface area contributed by atoms with Crippen molar-refractivity contribution < 1.29 is 4.74 Å². The lowest BCUT2D eigenvalue weighted by Crippen LogP contribution is -2.27. The summed E-state index contributed by atoms with van der Waals surface area (Å²) < 4.78 is 7.55. The zero-order chi connectivity index (χ0) is 22.0. The van der Waals surface area contributed by atoms with Gasteiger partial charge in [-0.05, 0) is 73.9 Å². The van der Waals surface area contributed by atoms with Gasteiger partial charge in [-0.2, -0.15) is 10.2 Å². The van der Waals surface area contributed by atoms with Crippen LogP contribution in [0.1, 0.15) is 19.4 Å². The van der Waals surface area contributed by atoms with Gasteiger partial charge in [0, 0.05) is 5.69 Å². The topological polar surface area (TPSA) is 101 Å². The number of allylic oxidation sites excluding steroid dienone is 3. The van der Waals surface area contributed by atoms with E-state index < -0.39 is 11.2 Å². The summed E-state index contributed by atoms with van der Waals surface area (Å²) >= 11 is 0. The Bertz CT molecular complexity index is 1470. The second-order valence-electron chi connectivity index (χ2n) is 6.76. The van der Waals surface area contributed by atoms with Crippen molar-refractivity contribution >= 4 is 10.9 Å². The van der Waals surface area contributed by atoms with E-state index in [1.807, 2.05) is 44.2 Å². The van der Waals surface area contributed by atoms with E-state index >= 15 is 0 Å². The quantitative estimate of drug-likeness (QED) is 0.312. The third kappa shape index (κ3) is 3.74. The normalized spacial score (nSPS) is 11.8. The van der Waals surface area contributed by atoms with Crippen molar-refractivity contribution in [2.75, 3.05) is 0 Å². The Kier molecular flexibility index (Phi) is 5.21. The average Bonchev–Trinajstić information content (AvgIpc) is 2.78. The molecule has 0 bridgehead atoms. The summed E-state index contributed by atoms with van der Waals surface area (Å²) in [5.74, 6) is 1.56. The largest absolute Gasteiger partial charge is 0.458 e. The maximum Gasteiger partial charge on any atom is 0.349 e. The number of aromatic nitrogens is 3. The molecular weight excluding hydrogens is 392 g/mol. The lowest BCUT2D eigenvalue weighted by molar-refractivity contribution is 0.443. The highest BCUT2D eigenvalue weighted by molar-refractivity contribution is 5.88. The average molecular weight is 410 g/mol. The molecule has 2 aromatic carbocycles. The van der Waals surface area contributed by atoms with Gasteiger partial charge < -0.3 is 4.74 Å². The summed E-state index contributed by atoms with van der Waals surface area (Å²) in [6.07, 6.45) is 5.60. The second kappa shape index (κ2) is 8.13. The Morgan fingerprint density at radius 1 is 1.13 bits per heavy atom. The standard InChI is InChI=1S/C24H18N4O3/c1-3-5-18(4-2)31-19-10-8-17(9-11-19)28-21-12-15(14-25)6-7-16(21)13-20-22(28)26-24(30)27-23(20)29/h3-13H,1-2H3,(H,27,29,30)/b5-3-,18-4+. The third-order valence-corrected chi connectivity index (χ3v) is 4.77. The van der Waals surface area contributed by atoms with Crippen molar-refractivity contribution in [2.24, 2.45) is 0 Å². The summed E-state index contributed by atoms with van der Waals surface area (Å²) in [6, 6.07) is 16.1. The molecular formula is C24H18N4O3. The first-order valence-corrected chi connectivity index (χ1v) is 9.61. The monoisotopic (exact) mass is 410 g/mol. The summed E-state index contributed by atoms with van der Waals surface area (Å²) in [4.78, 5) is 30.6. The highest BCUT2D eigenvalue weighted by Crippen LogP contribution is 2.29. The minimum Gasteiger partial charge on any atom is -0.458 e. The number of aromatic amines is 1. The van der Waals surface area contributed by atoms with Crippen LogP contribution >= 0.6 is 0 Å². The molecule has 2 aliphatic heterocycles. The van der Waals surface area contributed by atoms with Crippen LogP contribution in [0.4, 0.5) is 0 Å². The number of fused-ring (bicyclic) bond motifs is 2. The van der Waals surface area contributed by atoms with Gasteiger partial charge in [-0.15, -0.1) is 0 Å². The molecule has 4 rings (SSSR count). The number of ether oxygens (including phenoxy) is 1. The molecule has 0 unspecified atom stereocenters. The van der Waals surface area contributed by atoms with Gasteiger partial charge in [-0.25, -0.2) is 4.79 Å². The maximum absolute atomic E-state index is 12.4. The number of nitrogens with zero attached hydrogens (tertiary/aromatic N) is 3. The van der Waals surface area contributed by atoms with Crippen molar-refractivity contribution in [3.05, 3.63) is 98.9 Å². The summed E-state index contributed by atoms with van der Waals surface area (Å²) in [6.45, 7) is 3.80. The molecule has 2 aliphatic rings. The molecule has 7 heteroatoms. The third-order valence-electron chi connectivity index (χ3n) is 4.77. The molecule has 2 aromatic rings. The number of hydrogen-bond donors (Lipinski definition) is 1. The van der Waals surface area contributed by atoms with Gasteiger partial charge in [0.1, 0.15) is 11.5 Å². The number of benzene rings is 2. The lowest BCUT2D eigenvalue weighted by Gasteiger charge is -2.18. The molecule has 0 saturated carbocycles. The molecule has 0 aliphatic carbocycles. The van der Waals surface area contributed by atoms with E-state index in [0.717, 1.165) is 5.39 Å². The summed E-state index contributed by atoms with van der Waals surface area (Å²) in [5.41, 5.74) is 0.813. The maximum atomic E-state index is 12.4. The molecule has 31 heavy (non-hydrogen) atoms. The Morgan fingerprint density at radius 3 is 2.58 bits per heavy atom. The second-order valence-corrected chi connectivity index (χ2v) is 6.76. The smallest absolute Gasteiger partial charge is 0.349 e. The predicted octanol–water partition coefficient (Wildman–Crippen LogP) is 3.91. The number of pyridine rings is 1. The van der Waals surface area contributed by atoms with E-state index in [1.165, 1.54) is 0 Å². The molecule has 0 saturated heterocycles. The van der Waals surface area contributed by atoms with Crippen molar-refractivity contribution in [2.45, 2.75) is 13.8 Å². The van der Waals surface area contributed by atoms with Crippen molar-refractivity contribution in [3.8, 4) is 28.9 Å². The Balaban J connectivity index is 1.95. The molecule has 0 fully saturated rings. The molecule has 1 N–H and O–H groups in total. The number of H-pyrrole nitrogens is 1. The van der Waals surface area contributed by atoms with Crippen molar-refractivity contribution in [3.63, 3.8) is 0 Å². The Hall–Kier alpha value is -4.44. The van der Waals surface area contributed by atoms with Crippen LogP contribution in [-0.4, -0.2) is 14.5 Å². The van der Waals surface area contributed by atoms with Gasteiger partial charge in [0.05, 0.1) is 22.7 Å². The molecule has 0 spiro atoms. The fourth-order valence-corrected chi connectivity index (χ4v) is 3.36. The van der Waals surface area contributed by atoms with E-state index in [2.05, 4.69) is 16.0 Å². The zero-order valence-electron chi connectivity index (χ0n) is 16.9. The molecule has 2 heterocycles. The Labute approximate surface area is 177 Å². The number of hydrogen-bond acceptors (Lipinski definition) is 5.